The van der Waals surface area contributed by atoms with E-state index in [-0.39, 0.29) is 0 Å². The van der Waals surface area contributed by atoms with Gasteiger partial charge in [-0.1, -0.05) is 0 Å². The molecule has 0 aromatic rings. The van der Waals surface area contributed by atoms with Gasteiger partial charge in [-0.05, 0) is 31.3 Å². The van der Waals surface area contributed by atoms with Crippen molar-refractivity contribution in [3.63, 3.8) is 0 Å². The van der Waals surface area contributed by atoms with E-state index < -0.39 is 0 Å². The molecule has 0 heterocycles. The fourth-order valence-corrected chi connectivity index (χ4v) is 1.37. The molecule has 0 saturated heterocycles. The topological polar surface area (TPSA) is 62.4 Å². The molecular formula is C8H18N4S. The van der Waals surface area contributed by atoms with E-state index in [1.807, 2.05) is 11.8 Å². The molecule has 1 saturated carbocycles. The molecule has 76 valence electrons. The molecule has 0 spiro atoms. The van der Waals surface area contributed by atoms with E-state index in [0.717, 1.165) is 24.7 Å². The van der Waals surface area contributed by atoms with Crippen LogP contribution >= 0.6 is 11.8 Å². The number of hydrazine groups is 1. The Hall–Kier alpha value is -0.420. The Kier molecular flexibility index (Phi) is 5.00. The van der Waals surface area contributed by atoms with Crippen LogP contribution in [0.2, 0.25) is 0 Å². The number of rotatable bonds is 5. The number of nitrogens with zero attached hydrogens (tertiary/aromatic N) is 1. The van der Waals surface area contributed by atoms with Crippen LogP contribution in [-0.4, -0.2) is 30.6 Å². The van der Waals surface area contributed by atoms with E-state index in [4.69, 9.17) is 5.84 Å². The molecule has 1 fully saturated rings. The summed E-state index contributed by atoms with van der Waals surface area (Å²) >= 11 is 1.85. The summed E-state index contributed by atoms with van der Waals surface area (Å²) in [5.74, 6) is 7.21. The molecule has 0 aromatic carbocycles. The molecule has 1 aliphatic rings. The molecule has 13 heavy (non-hydrogen) atoms. The van der Waals surface area contributed by atoms with Gasteiger partial charge in [-0.25, -0.2) is 5.84 Å². The Morgan fingerprint density at radius 3 is 2.92 bits per heavy atom. The Bertz CT molecular complexity index is 168. The fourth-order valence-electron chi connectivity index (χ4n) is 0.954. The van der Waals surface area contributed by atoms with Gasteiger partial charge in [0.05, 0.1) is 0 Å². The van der Waals surface area contributed by atoms with Crippen LogP contribution in [-0.2, 0) is 0 Å². The van der Waals surface area contributed by atoms with Crippen molar-refractivity contribution in [1.82, 2.24) is 10.7 Å². The molecule has 0 aliphatic heterocycles. The van der Waals surface area contributed by atoms with Crippen LogP contribution in [0.15, 0.2) is 4.99 Å². The molecular weight excluding hydrogens is 184 g/mol. The Morgan fingerprint density at radius 2 is 2.38 bits per heavy atom. The van der Waals surface area contributed by atoms with Crippen LogP contribution in [0.1, 0.15) is 19.3 Å². The highest BCUT2D eigenvalue weighted by Crippen LogP contribution is 2.18. The smallest absolute Gasteiger partial charge is 0.205 e. The zero-order valence-corrected chi connectivity index (χ0v) is 8.86. The highest BCUT2D eigenvalue weighted by molar-refractivity contribution is 7.98. The summed E-state index contributed by atoms with van der Waals surface area (Å²) in [7, 11) is 0. The molecule has 1 rings (SSSR count). The molecule has 0 bridgehead atoms. The number of hydrogen-bond acceptors (Lipinski definition) is 3. The van der Waals surface area contributed by atoms with Crippen molar-refractivity contribution in [3.8, 4) is 0 Å². The van der Waals surface area contributed by atoms with Gasteiger partial charge in [0.15, 0.2) is 0 Å². The second-order valence-electron chi connectivity index (χ2n) is 3.14. The van der Waals surface area contributed by atoms with Crippen molar-refractivity contribution < 1.29 is 0 Å². The number of nitrogens with two attached hydrogens (primary N) is 1. The standard InChI is InChI=1S/C8H18N4S/c1-13-6-2-5-10-8(12-9)11-7-3-4-7/h7H,2-6,9H2,1H3,(H2,10,11,12). The van der Waals surface area contributed by atoms with Gasteiger partial charge in [-0.3, -0.25) is 10.4 Å². The van der Waals surface area contributed by atoms with Crippen LogP contribution < -0.4 is 16.6 Å². The second-order valence-corrected chi connectivity index (χ2v) is 4.13. The van der Waals surface area contributed by atoms with Gasteiger partial charge in [-0.15, -0.1) is 0 Å². The SMILES string of the molecule is CSCCCN=C(NN)NC1CC1. The highest BCUT2D eigenvalue weighted by Gasteiger charge is 2.21. The lowest BCUT2D eigenvalue weighted by atomic mass is 10.5. The second kappa shape index (κ2) is 6.10. The third-order valence-corrected chi connectivity index (χ3v) is 2.53. The maximum Gasteiger partial charge on any atom is 0.205 e. The molecule has 0 unspecified atom stereocenters. The maximum absolute atomic E-state index is 5.32. The van der Waals surface area contributed by atoms with Gasteiger partial charge < -0.3 is 5.32 Å². The average Bonchev–Trinajstić information content (AvgIpc) is 2.94. The van der Waals surface area contributed by atoms with Crippen molar-refractivity contribution >= 4 is 17.7 Å². The van der Waals surface area contributed by atoms with Crippen molar-refractivity contribution in [2.45, 2.75) is 25.3 Å². The van der Waals surface area contributed by atoms with Crippen molar-refractivity contribution in [1.29, 1.82) is 0 Å². The highest BCUT2D eigenvalue weighted by atomic mass is 32.2. The van der Waals surface area contributed by atoms with Crippen molar-refractivity contribution in [2.75, 3.05) is 18.6 Å². The summed E-state index contributed by atoms with van der Waals surface area (Å²) in [5.41, 5.74) is 2.58. The quantitative estimate of drug-likeness (QED) is 0.197. The van der Waals surface area contributed by atoms with Gasteiger partial charge in [-0.2, -0.15) is 11.8 Å². The van der Waals surface area contributed by atoms with E-state index in [1.54, 1.807) is 0 Å². The van der Waals surface area contributed by atoms with Crippen LogP contribution in [0.3, 0.4) is 0 Å². The van der Waals surface area contributed by atoms with E-state index in [2.05, 4.69) is 22.0 Å². The summed E-state index contributed by atoms with van der Waals surface area (Å²) < 4.78 is 0. The van der Waals surface area contributed by atoms with Crippen LogP contribution in [0.5, 0.6) is 0 Å². The maximum atomic E-state index is 5.32. The lowest BCUT2D eigenvalue weighted by Crippen LogP contribution is -2.42. The third-order valence-electron chi connectivity index (χ3n) is 1.83. The number of guanidine groups is 1. The zero-order valence-electron chi connectivity index (χ0n) is 8.05. The van der Waals surface area contributed by atoms with Gasteiger partial charge in [0.25, 0.3) is 0 Å². The predicted octanol–water partition coefficient (Wildman–Crippen LogP) is 0.311. The monoisotopic (exact) mass is 202 g/mol. The number of aliphatic imine (C=N–C) groups is 1. The molecule has 5 heteroatoms. The largest absolute Gasteiger partial charge is 0.353 e. The molecule has 4 N–H and O–H groups in total. The lowest BCUT2D eigenvalue weighted by Gasteiger charge is -2.06. The van der Waals surface area contributed by atoms with Crippen molar-refractivity contribution in [2.24, 2.45) is 10.8 Å². The lowest BCUT2D eigenvalue weighted by molar-refractivity contribution is 0.813. The van der Waals surface area contributed by atoms with Gasteiger partial charge in [0.1, 0.15) is 0 Å². The molecule has 0 atom stereocenters. The van der Waals surface area contributed by atoms with Crippen LogP contribution in [0.4, 0.5) is 0 Å². The molecule has 0 amide bonds. The van der Waals surface area contributed by atoms with E-state index >= 15 is 0 Å². The van der Waals surface area contributed by atoms with Crippen LogP contribution in [0.25, 0.3) is 0 Å². The average molecular weight is 202 g/mol. The minimum absolute atomic E-state index is 0.607. The predicted molar refractivity (Wildman–Crippen MR) is 58.8 cm³/mol. The first-order chi connectivity index (χ1) is 6.36. The minimum Gasteiger partial charge on any atom is -0.353 e. The molecule has 1 aliphatic carbocycles. The Morgan fingerprint density at radius 1 is 1.62 bits per heavy atom. The van der Waals surface area contributed by atoms with E-state index in [9.17, 15) is 0 Å². The Balaban J connectivity index is 2.10. The normalized spacial score (nSPS) is 17.2. The first kappa shape index (κ1) is 10.7. The van der Waals surface area contributed by atoms with Crippen LogP contribution in [0, 0.1) is 0 Å². The first-order valence-electron chi connectivity index (χ1n) is 4.63. The first-order valence-corrected chi connectivity index (χ1v) is 6.02. The van der Waals surface area contributed by atoms with Gasteiger partial charge in [0, 0.05) is 12.6 Å². The third kappa shape index (κ3) is 5.00. The summed E-state index contributed by atoms with van der Waals surface area (Å²) in [6, 6.07) is 0.607. The summed E-state index contributed by atoms with van der Waals surface area (Å²) in [6.45, 7) is 0.847. The number of hydrogen-bond donors (Lipinski definition) is 3. The van der Waals surface area contributed by atoms with E-state index in [0.29, 0.717) is 6.04 Å². The Labute approximate surface area is 83.7 Å². The number of nitrogens with one attached hydrogen (secondary N) is 2. The summed E-state index contributed by atoms with van der Waals surface area (Å²) in [4.78, 5) is 4.32. The van der Waals surface area contributed by atoms with E-state index in [1.165, 1.54) is 12.8 Å². The fraction of sp³-hybridized carbons (Fsp3) is 0.875. The van der Waals surface area contributed by atoms with Gasteiger partial charge in [0.2, 0.25) is 5.96 Å². The minimum atomic E-state index is 0.607. The zero-order chi connectivity index (χ0) is 9.52. The molecule has 4 nitrogen and oxygen atoms in total. The number of thioether (sulfide) groups is 1. The van der Waals surface area contributed by atoms with Gasteiger partial charge >= 0.3 is 0 Å². The van der Waals surface area contributed by atoms with Crippen molar-refractivity contribution in [3.05, 3.63) is 0 Å². The summed E-state index contributed by atoms with van der Waals surface area (Å²) in [5, 5.41) is 3.22. The molecule has 0 radical (unpaired) electrons. The summed E-state index contributed by atoms with van der Waals surface area (Å²) in [6.07, 6.45) is 5.70. The molecule has 0 aromatic heterocycles.